The lowest BCUT2D eigenvalue weighted by atomic mass is 9.95. The van der Waals surface area contributed by atoms with Crippen LogP contribution in [0.25, 0.3) is 0 Å². The summed E-state index contributed by atoms with van der Waals surface area (Å²) in [7, 11) is 0. The molecule has 0 bridgehead atoms. The zero-order chi connectivity index (χ0) is 30.0. The van der Waals surface area contributed by atoms with Gasteiger partial charge in [0.2, 0.25) is 5.91 Å². The molecule has 1 saturated heterocycles. The fourth-order valence-corrected chi connectivity index (χ4v) is 5.97. The quantitative estimate of drug-likeness (QED) is 0.399. The number of nitrogens with one attached hydrogen (secondary N) is 2. The van der Waals surface area contributed by atoms with E-state index in [9.17, 15) is 14.9 Å². The van der Waals surface area contributed by atoms with Crippen molar-refractivity contribution in [3.05, 3.63) is 89.0 Å². The second-order valence-electron chi connectivity index (χ2n) is 11.4. The molecule has 10 heteroatoms. The van der Waals surface area contributed by atoms with Gasteiger partial charge in [0.15, 0.2) is 0 Å². The molecule has 3 amide bonds. The number of piperazine rings is 1. The van der Waals surface area contributed by atoms with Gasteiger partial charge in [0.05, 0.1) is 29.6 Å². The monoisotopic (exact) mass is 578 g/mol. The maximum absolute atomic E-state index is 13.6. The van der Waals surface area contributed by atoms with Gasteiger partial charge in [0.25, 0.3) is 0 Å². The van der Waals surface area contributed by atoms with Crippen molar-refractivity contribution in [1.82, 2.24) is 30.0 Å². The van der Waals surface area contributed by atoms with Crippen LogP contribution in [0.4, 0.5) is 4.79 Å². The van der Waals surface area contributed by atoms with Gasteiger partial charge in [-0.2, -0.15) is 10.5 Å². The molecule has 0 unspecified atom stereocenters. The topological polar surface area (TPSA) is 130 Å². The van der Waals surface area contributed by atoms with E-state index in [1.807, 2.05) is 34.9 Å². The Balaban J connectivity index is 1.23. The first-order valence-corrected chi connectivity index (χ1v) is 15.1. The van der Waals surface area contributed by atoms with E-state index in [-0.39, 0.29) is 18.0 Å². The summed E-state index contributed by atoms with van der Waals surface area (Å²) in [5, 5.41) is 24.9. The third-order valence-corrected chi connectivity index (χ3v) is 8.41. The number of rotatable bonds is 9. The summed E-state index contributed by atoms with van der Waals surface area (Å²) in [4.78, 5) is 35.2. The van der Waals surface area contributed by atoms with Gasteiger partial charge in [0.1, 0.15) is 6.04 Å². The smallest absolute Gasteiger partial charge is 0.318 e. The Kier molecular flexibility index (Phi) is 10.0. The van der Waals surface area contributed by atoms with Gasteiger partial charge in [-0.3, -0.25) is 9.69 Å². The van der Waals surface area contributed by atoms with E-state index in [4.69, 9.17) is 5.26 Å². The minimum atomic E-state index is -0.643. The summed E-state index contributed by atoms with van der Waals surface area (Å²) in [6.45, 7) is 3.01. The molecule has 222 valence electrons. The van der Waals surface area contributed by atoms with Crippen molar-refractivity contribution >= 4 is 11.9 Å². The van der Waals surface area contributed by atoms with Crippen molar-refractivity contribution < 1.29 is 9.59 Å². The summed E-state index contributed by atoms with van der Waals surface area (Å²) >= 11 is 0. The van der Waals surface area contributed by atoms with E-state index >= 15 is 0 Å². The Hall–Kier alpha value is -4.67. The van der Waals surface area contributed by atoms with Gasteiger partial charge in [0, 0.05) is 63.6 Å². The van der Waals surface area contributed by atoms with Gasteiger partial charge in [-0.15, -0.1) is 0 Å². The van der Waals surface area contributed by atoms with E-state index in [0.29, 0.717) is 56.8 Å². The minimum absolute atomic E-state index is 0.155. The predicted molar refractivity (Wildman–Crippen MR) is 162 cm³/mol. The molecule has 1 atom stereocenters. The van der Waals surface area contributed by atoms with Crippen molar-refractivity contribution in [2.75, 3.05) is 26.2 Å². The largest absolute Gasteiger partial charge is 0.354 e. The Bertz CT molecular complexity index is 1480. The standard InChI is InChI=1S/C33H38N8O2/c34-18-25-10-12-26(13-11-25)21-40-24-36-20-30(40)14-15-37-32(42)31-23-39(22-28-7-5-4-6-27(28)19-35)16-17-41(31)33(43)38-29-8-2-1-3-9-29/h4-7,10-13,20,24,29,31H,1-3,8-9,14-17,21-23H2,(H,37,42)(H,38,43)/t31-/m1/s1. The van der Waals surface area contributed by atoms with Crippen molar-refractivity contribution in [3.8, 4) is 12.1 Å². The number of benzene rings is 2. The van der Waals surface area contributed by atoms with Gasteiger partial charge in [-0.25, -0.2) is 9.78 Å². The number of nitrogens with zero attached hydrogens (tertiary/aromatic N) is 6. The van der Waals surface area contributed by atoms with E-state index in [0.717, 1.165) is 42.5 Å². The zero-order valence-corrected chi connectivity index (χ0v) is 24.4. The number of hydrogen-bond acceptors (Lipinski definition) is 6. The maximum atomic E-state index is 13.6. The number of urea groups is 1. The van der Waals surface area contributed by atoms with Gasteiger partial charge >= 0.3 is 6.03 Å². The Morgan fingerprint density at radius 1 is 0.953 bits per heavy atom. The molecule has 0 radical (unpaired) electrons. The number of amides is 3. The van der Waals surface area contributed by atoms with Crippen LogP contribution in [0.2, 0.25) is 0 Å². The van der Waals surface area contributed by atoms with Crippen LogP contribution in [0.1, 0.15) is 60.1 Å². The average molecular weight is 579 g/mol. The van der Waals surface area contributed by atoms with Crippen LogP contribution in [-0.4, -0.2) is 69.6 Å². The number of imidazole rings is 1. The molecule has 2 fully saturated rings. The normalized spacial score (nSPS) is 17.5. The highest BCUT2D eigenvalue weighted by Gasteiger charge is 2.36. The van der Waals surface area contributed by atoms with E-state index in [1.54, 1.807) is 35.6 Å². The molecule has 1 aliphatic carbocycles. The number of carbonyl (C=O) groups is 2. The van der Waals surface area contributed by atoms with E-state index in [1.165, 1.54) is 6.42 Å². The molecule has 1 aliphatic heterocycles. The minimum Gasteiger partial charge on any atom is -0.354 e. The maximum Gasteiger partial charge on any atom is 0.318 e. The van der Waals surface area contributed by atoms with Crippen LogP contribution in [0.15, 0.2) is 61.1 Å². The highest BCUT2D eigenvalue weighted by Crippen LogP contribution is 2.20. The first-order chi connectivity index (χ1) is 21.0. The van der Waals surface area contributed by atoms with Crippen molar-refractivity contribution in [1.29, 1.82) is 10.5 Å². The van der Waals surface area contributed by atoms with Crippen LogP contribution in [0.3, 0.4) is 0 Å². The van der Waals surface area contributed by atoms with Crippen LogP contribution in [0.5, 0.6) is 0 Å². The molecule has 2 N–H and O–H groups in total. The van der Waals surface area contributed by atoms with Crippen LogP contribution in [-0.2, 0) is 24.3 Å². The van der Waals surface area contributed by atoms with E-state index in [2.05, 4.69) is 32.7 Å². The third kappa shape index (κ3) is 7.79. The SMILES string of the molecule is N#Cc1ccc(Cn2cncc2CCNC(=O)[C@H]2CN(Cc3ccccc3C#N)CCN2C(=O)NC2CCCCC2)cc1. The molecular formula is C33H38N8O2. The number of nitriles is 2. The molecule has 2 aromatic carbocycles. The molecule has 43 heavy (non-hydrogen) atoms. The van der Waals surface area contributed by atoms with Gasteiger partial charge < -0.3 is 20.1 Å². The molecule has 3 aromatic rings. The van der Waals surface area contributed by atoms with Crippen molar-refractivity contribution in [2.24, 2.45) is 0 Å². The molecule has 2 aliphatic rings. The average Bonchev–Trinajstić information content (AvgIpc) is 3.48. The number of carbonyl (C=O) groups excluding carboxylic acids is 2. The van der Waals surface area contributed by atoms with Crippen LogP contribution < -0.4 is 10.6 Å². The lowest BCUT2D eigenvalue weighted by Crippen LogP contribution is -2.63. The zero-order valence-electron chi connectivity index (χ0n) is 24.4. The second-order valence-corrected chi connectivity index (χ2v) is 11.4. The second kappa shape index (κ2) is 14.5. The van der Waals surface area contributed by atoms with Gasteiger partial charge in [-0.1, -0.05) is 49.6 Å². The van der Waals surface area contributed by atoms with E-state index < -0.39 is 6.04 Å². The number of aromatic nitrogens is 2. The lowest BCUT2D eigenvalue weighted by Gasteiger charge is -2.41. The fourth-order valence-electron chi connectivity index (χ4n) is 5.97. The third-order valence-electron chi connectivity index (χ3n) is 8.41. The summed E-state index contributed by atoms with van der Waals surface area (Å²) in [6.07, 6.45) is 9.53. The van der Waals surface area contributed by atoms with Crippen LogP contribution in [0, 0.1) is 22.7 Å². The van der Waals surface area contributed by atoms with Crippen molar-refractivity contribution in [3.63, 3.8) is 0 Å². The highest BCUT2D eigenvalue weighted by atomic mass is 16.2. The molecule has 1 aromatic heterocycles. The first kappa shape index (κ1) is 29.8. The summed E-state index contributed by atoms with van der Waals surface area (Å²) in [5.41, 5.74) is 4.20. The summed E-state index contributed by atoms with van der Waals surface area (Å²) in [6, 6.07) is 18.7. The number of hydrogen-bond donors (Lipinski definition) is 2. The van der Waals surface area contributed by atoms with Gasteiger partial charge in [-0.05, 0) is 42.2 Å². The molecular weight excluding hydrogens is 540 g/mol. The Labute approximate surface area is 252 Å². The molecule has 0 spiro atoms. The van der Waals surface area contributed by atoms with Crippen molar-refractivity contribution in [2.45, 2.75) is 63.7 Å². The van der Waals surface area contributed by atoms with Crippen LogP contribution >= 0.6 is 0 Å². The Morgan fingerprint density at radius 2 is 1.74 bits per heavy atom. The summed E-state index contributed by atoms with van der Waals surface area (Å²) < 4.78 is 2.03. The lowest BCUT2D eigenvalue weighted by molar-refractivity contribution is -0.127. The summed E-state index contributed by atoms with van der Waals surface area (Å²) in [5.74, 6) is -0.185. The first-order valence-electron chi connectivity index (χ1n) is 15.1. The predicted octanol–water partition coefficient (Wildman–Crippen LogP) is 3.56. The molecule has 5 rings (SSSR count). The molecule has 1 saturated carbocycles. The fraction of sp³-hybridized carbons (Fsp3) is 0.424. The molecule has 2 heterocycles. The molecule has 10 nitrogen and oxygen atoms in total. The highest BCUT2D eigenvalue weighted by molar-refractivity contribution is 5.87. The Morgan fingerprint density at radius 3 is 2.51 bits per heavy atom.